The first kappa shape index (κ1) is 10.5. The van der Waals surface area contributed by atoms with Crippen LogP contribution in [0.4, 0.5) is 0 Å². The van der Waals surface area contributed by atoms with E-state index in [-0.39, 0.29) is 11.9 Å². The minimum Gasteiger partial charge on any atom is -0.338 e. The summed E-state index contributed by atoms with van der Waals surface area (Å²) in [6.45, 7) is 3.03. The molecule has 1 saturated heterocycles. The predicted octanol–water partition coefficient (Wildman–Crippen LogP) is 2.13. The van der Waals surface area contributed by atoms with E-state index in [1.165, 1.54) is 0 Å². The van der Waals surface area contributed by atoms with Crippen molar-refractivity contribution in [1.82, 2.24) is 4.90 Å². The molecule has 1 aliphatic rings. The number of carbonyl (C=O) groups excluding carboxylic acids is 1. The van der Waals surface area contributed by atoms with Crippen molar-refractivity contribution in [2.75, 3.05) is 13.1 Å². The summed E-state index contributed by atoms with van der Waals surface area (Å²) in [5, 5.41) is 3.56. The molecule has 1 heterocycles. The second-order valence-corrected chi connectivity index (χ2v) is 3.93. The van der Waals surface area contributed by atoms with Gasteiger partial charge in [0.25, 0.3) is 5.91 Å². The van der Waals surface area contributed by atoms with Crippen molar-refractivity contribution in [3.05, 3.63) is 45.8 Å². The third-order valence-electron chi connectivity index (χ3n) is 2.66. The zero-order valence-electron chi connectivity index (χ0n) is 9.00. The summed E-state index contributed by atoms with van der Waals surface area (Å²) in [6.07, 6.45) is 0. The molecule has 0 spiro atoms. The number of amides is 1. The van der Waals surface area contributed by atoms with Gasteiger partial charge < -0.3 is 4.90 Å². The van der Waals surface area contributed by atoms with Gasteiger partial charge in [-0.2, -0.15) is 0 Å². The lowest BCUT2D eigenvalue weighted by molar-refractivity contribution is 0.0608. The van der Waals surface area contributed by atoms with E-state index in [1.807, 2.05) is 31.2 Å². The average molecular weight is 216 g/mol. The van der Waals surface area contributed by atoms with Gasteiger partial charge in [-0.1, -0.05) is 22.8 Å². The van der Waals surface area contributed by atoms with Crippen molar-refractivity contribution >= 4 is 5.91 Å². The van der Waals surface area contributed by atoms with Crippen LogP contribution in [-0.2, 0) is 0 Å². The van der Waals surface area contributed by atoms with Crippen LogP contribution in [0.5, 0.6) is 0 Å². The summed E-state index contributed by atoms with van der Waals surface area (Å²) < 4.78 is 0. The molecular formula is C11H12N4O. The highest BCUT2D eigenvalue weighted by atomic mass is 16.2. The van der Waals surface area contributed by atoms with E-state index in [4.69, 9.17) is 5.53 Å². The molecule has 0 saturated carbocycles. The van der Waals surface area contributed by atoms with E-state index < -0.39 is 0 Å². The molecule has 0 aromatic heterocycles. The number of aryl methyl sites for hydroxylation is 1. The van der Waals surface area contributed by atoms with Gasteiger partial charge in [0.2, 0.25) is 0 Å². The predicted molar refractivity (Wildman–Crippen MR) is 60.0 cm³/mol. The highest BCUT2D eigenvalue weighted by Crippen LogP contribution is 2.16. The largest absolute Gasteiger partial charge is 0.338 e. The molecule has 5 nitrogen and oxygen atoms in total. The Labute approximate surface area is 93.3 Å². The Balaban J connectivity index is 2.00. The van der Waals surface area contributed by atoms with Crippen LogP contribution < -0.4 is 0 Å². The molecule has 16 heavy (non-hydrogen) atoms. The van der Waals surface area contributed by atoms with Gasteiger partial charge in [0.05, 0.1) is 6.04 Å². The maximum atomic E-state index is 11.9. The van der Waals surface area contributed by atoms with Crippen LogP contribution in [-0.4, -0.2) is 29.9 Å². The van der Waals surface area contributed by atoms with Gasteiger partial charge in [0, 0.05) is 23.6 Å². The number of nitrogens with zero attached hydrogens (tertiary/aromatic N) is 4. The summed E-state index contributed by atoms with van der Waals surface area (Å²) >= 11 is 0. The van der Waals surface area contributed by atoms with Crippen molar-refractivity contribution in [3.63, 3.8) is 0 Å². The Kier molecular flexibility index (Phi) is 2.79. The third-order valence-corrected chi connectivity index (χ3v) is 2.66. The molecule has 0 radical (unpaired) electrons. The fourth-order valence-corrected chi connectivity index (χ4v) is 1.65. The lowest BCUT2D eigenvalue weighted by Crippen LogP contribution is -2.52. The molecule has 0 bridgehead atoms. The van der Waals surface area contributed by atoms with Crippen molar-refractivity contribution < 1.29 is 4.79 Å². The normalized spacial score (nSPS) is 15.2. The number of carbonyl (C=O) groups is 1. The standard InChI is InChI=1S/C11H12N4O/c1-8-2-4-9(5-3-8)11(16)15-6-10(7-15)13-14-12/h2-5,10H,6-7H2,1H3. The molecule has 0 aliphatic carbocycles. The molecule has 0 atom stereocenters. The van der Waals surface area contributed by atoms with Crippen LogP contribution in [0.2, 0.25) is 0 Å². The van der Waals surface area contributed by atoms with Crippen LogP contribution >= 0.6 is 0 Å². The van der Waals surface area contributed by atoms with Gasteiger partial charge >= 0.3 is 0 Å². The maximum Gasteiger partial charge on any atom is 0.253 e. The van der Waals surface area contributed by atoms with E-state index in [9.17, 15) is 4.79 Å². The SMILES string of the molecule is Cc1ccc(C(=O)N2CC(N=[N+]=[N-])C2)cc1. The summed E-state index contributed by atoms with van der Waals surface area (Å²) in [5.74, 6) is 0.00406. The summed E-state index contributed by atoms with van der Waals surface area (Å²) in [5.41, 5.74) is 10.0. The smallest absolute Gasteiger partial charge is 0.253 e. The molecule has 1 aromatic rings. The monoisotopic (exact) mass is 216 g/mol. The second-order valence-electron chi connectivity index (χ2n) is 3.93. The highest BCUT2D eigenvalue weighted by Gasteiger charge is 2.30. The number of benzene rings is 1. The second kappa shape index (κ2) is 4.24. The molecule has 1 amide bonds. The van der Waals surface area contributed by atoms with Gasteiger partial charge in [-0.3, -0.25) is 4.79 Å². The Morgan fingerprint density at radius 2 is 2.06 bits per heavy atom. The van der Waals surface area contributed by atoms with E-state index in [0.29, 0.717) is 18.7 Å². The Morgan fingerprint density at radius 1 is 1.44 bits per heavy atom. The van der Waals surface area contributed by atoms with Crippen LogP contribution in [0.1, 0.15) is 15.9 Å². The van der Waals surface area contributed by atoms with Crippen LogP contribution in [0.3, 0.4) is 0 Å². The van der Waals surface area contributed by atoms with Gasteiger partial charge in [-0.05, 0) is 24.6 Å². The maximum absolute atomic E-state index is 11.9. The number of azide groups is 1. The Hall–Kier alpha value is -2.00. The topological polar surface area (TPSA) is 69.1 Å². The molecule has 0 N–H and O–H groups in total. The zero-order valence-corrected chi connectivity index (χ0v) is 9.00. The lowest BCUT2D eigenvalue weighted by Gasteiger charge is -2.36. The summed E-state index contributed by atoms with van der Waals surface area (Å²) in [6, 6.07) is 7.41. The van der Waals surface area contributed by atoms with Crippen molar-refractivity contribution in [2.45, 2.75) is 13.0 Å². The van der Waals surface area contributed by atoms with Crippen LogP contribution in [0, 0.1) is 6.92 Å². The molecule has 1 aromatic carbocycles. The van der Waals surface area contributed by atoms with Crippen LogP contribution in [0.15, 0.2) is 29.4 Å². The number of likely N-dealkylation sites (tertiary alicyclic amines) is 1. The minimum absolute atomic E-state index is 0.00406. The minimum atomic E-state index is -0.0561. The number of hydrogen-bond donors (Lipinski definition) is 0. The first-order valence-electron chi connectivity index (χ1n) is 5.11. The van der Waals surface area contributed by atoms with Crippen LogP contribution in [0.25, 0.3) is 10.4 Å². The van der Waals surface area contributed by atoms with E-state index in [0.717, 1.165) is 5.56 Å². The Morgan fingerprint density at radius 3 is 2.62 bits per heavy atom. The highest BCUT2D eigenvalue weighted by molar-refractivity contribution is 5.94. The molecule has 1 fully saturated rings. The van der Waals surface area contributed by atoms with E-state index in [2.05, 4.69) is 10.0 Å². The number of hydrogen-bond acceptors (Lipinski definition) is 2. The third kappa shape index (κ3) is 1.99. The molecule has 0 unspecified atom stereocenters. The number of rotatable bonds is 2. The first-order chi connectivity index (χ1) is 7.70. The fraction of sp³-hybridized carbons (Fsp3) is 0.364. The van der Waals surface area contributed by atoms with Crippen molar-refractivity contribution in [1.29, 1.82) is 0 Å². The fourth-order valence-electron chi connectivity index (χ4n) is 1.65. The average Bonchev–Trinajstić information content (AvgIpc) is 2.23. The molecule has 5 heteroatoms. The van der Waals surface area contributed by atoms with E-state index >= 15 is 0 Å². The molecule has 1 aliphatic heterocycles. The summed E-state index contributed by atoms with van der Waals surface area (Å²) in [7, 11) is 0. The Bertz CT molecular complexity index is 442. The van der Waals surface area contributed by atoms with Gasteiger partial charge in [0.15, 0.2) is 0 Å². The zero-order chi connectivity index (χ0) is 11.5. The summed E-state index contributed by atoms with van der Waals surface area (Å²) in [4.78, 5) is 16.3. The molecule has 2 rings (SSSR count). The van der Waals surface area contributed by atoms with Gasteiger partial charge in [0.1, 0.15) is 0 Å². The molecule has 82 valence electrons. The first-order valence-corrected chi connectivity index (χ1v) is 5.11. The van der Waals surface area contributed by atoms with Gasteiger partial charge in [-0.25, -0.2) is 0 Å². The van der Waals surface area contributed by atoms with Crippen molar-refractivity contribution in [3.8, 4) is 0 Å². The lowest BCUT2D eigenvalue weighted by atomic mass is 10.1. The molecular weight excluding hydrogens is 204 g/mol. The van der Waals surface area contributed by atoms with E-state index in [1.54, 1.807) is 4.90 Å². The van der Waals surface area contributed by atoms with Gasteiger partial charge in [-0.15, -0.1) is 0 Å². The van der Waals surface area contributed by atoms with Crippen molar-refractivity contribution in [2.24, 2.45) is 5.11 Å². The quantitative estimate of drug-likeness (QED) is 0.424.